The van der Waals surface area contributed by atoms with Gasteiger partial charge in [0, 0.05) is 11.2 Å². The van der Waals surface area contributed by atoms with Crippen LogP contribution in [0.2, 0.25) is 5.02 Å². The quantitative estimate of drug-likeness (QED) is 0.668. The summed E-state index contributed by atoms with van der Waals surface area (Å²) in [6, 6.07) is 6.88. The fourth-order valence-electron chi connectivity index (χ4n) is 2.21. The van der Waals surface area contributed by atoms with Crippen LogP contribution < -0.4 is 10.2 Å². The number of benzene rings is 1. The zero-order valence-corrected chi connectivity index (χ0v) is 12.1. The normalized spacial score (nSPS) is 16.2. The number of hydrogen-bond donors (Lipinski definition) is 1. The molecule has 0 aromatic heterocycles. The number of carbonyl (C=O) groups is 1. The summed E-state index contributed by atoms with van der Waals surface area (Å²) in [7, 11) is 0. The highest BCUT2D eigenvalue weighted by Gasteiger charge is 2.10. The zero-order chi connectivity index (χ0) is 14.2. The van der Waals surface area contributed by atoms with Gasteiger partial charge < -0.3 is 4.74 Å². The van der Waals surface area contributed by atoms with Crippen molar-refractivity contribution < 1.29 is 9.53 Å². The Morgan fingerprint density at radius 1 is 1.30 bits per heavy atom. The summed E-state index contributed by atoms with van der Waals surface area (Å²) >= 11 is 5.76. The van der Waals surface area contributed by atoms with Crippen LogP contribution in [-0.4, -0.2) is 18.7 Å². The molecule has 0 aliphatic heterocycles. The molecule has 1 amide bonds. The maximum Gasteiger partial charge on any atom is 0.277 e. The van der Waals surface area contributed by atoms with E-state index in [-0.39, 0.29) is 12.5 Å². The van der Waals surface area contributed by atoms with Crippen molar-refractivity contribution >= 4 is 23.7 Å². The van der Waals surface area contributed by atoms with Crippen LogP contribution >= 0.6 is 11.6 Å². The van der Waals surface area contributed by atoms with Gasteiger partial charge in [-0.3, -0.25) is 4.79 Å². The number of nitrogens with one attached hydrogen (secondary N) is 1. The zero-order valence-electron chi connectivity index (χ0n) is 11.3. The second-order valence-corrected chi connectivity index (χ2v) is 5.39. The number of halogens is 1. The van der Waals surface area contributed by atoms with Crippen LogP contribution in [0.15, 0.2) is 29.4 Å². The van der Waals surface area contributed by atoms with Crippen LogP contribution in [0.5, 0.6) is 5.75 Å². The van der Waals surface area contributed by atoms with Gasteiger partial charge in [0.1, 0.15) is 5.75 Å². The molecule has 0 radical (unpaired) electrons. The molecule has 1 aromatic carbocycles. The van der Waals surface area contributed by atoms with Gasteiger partial charge in [0.25, 0.3) is 5.91 Å². The van der Waals surface area contributed by atoms with Gasteiger partial charge in [0.2, 0.25) is 0 Å². The van der Waals surface area contributed by atoms with Crippen molar-refractivity contribution in [2.45, 2.75) is 32.1 Å². The molecule has 1 aliphatic carbocycles. The fourth-order valence-corrected chi connectivity index (χ4v) is 2.34. The number of amides is 1. The van der Waals surface area contributed by atoms with Crippen molar-refractivity contribution in [3.8, 4) is 5.75 Å². The number of nitrogens with zero attached hydrogens (tertiary/aromatic N) is 1. The maximum atomic E-state index is 11.5. The molecular formula is C15H19ClN2O2. The Hall–Kier alpha value is -1.55. The second kappa shape index (κ2) is 7.90. The highest BCUT2D eigenvalue weighted by molar-refractivity contribution is 6.30. The molecule has 0 heterocycles. The number of ether oxygens (including phenoxy) is 1. The summed E-state index contributed by atoms with van der Waals surface area (Å²) in [5, 5.41) is 4.63. The van der Waals surface area contributed by atoms with Crippen LogP contribution in [-0.2, 0) is 4.79 Å². The first kappa shape index (κ1) is 14.9. The standard InChI is InChI=1S/C15H19ClN2O2/c16-13-6-8-14(9-7-13)20-11-15(19)18-17-10-12-4-2-1-3-5-12/h6-10,12H,1-5,11H2,(H,18,19)/b17-10+. The van der Waals surface area contributed by atoms with Crippen LogP contribution in [0.4, 0.5) is 0 Å². The van der Waals surface area contributed by atoms with E-state index >= 15 is 0 Å². The van der Waals surface area contributed by atoms with Crippen molar-refractivity contribution in [2.75, 3.05) is 6.61 Å². The van der Waals surface area contributed by atoms with Crippen LogP contribution in [0.3, 0.4) is 0 Å². The van der Waals surface area contributed by atoms with E-state index in [1.807, 2.05) is 6.21 Å². The van der Waals surface area contributed by atoms with Crippen LogP contribution in [0.1, 0.15) is 32.1 Å². The molecule has 0 spiro atoms. The second-order valence-electron chi connectivity index (χ2n) is 4.95. The molecule has 2 rings (SSSR count). The SMILES string of the molecule is O=C(COc1ccc(Cl)cc1)N/N=C/C1CCCCC1. The molecule has 0 saturated heterocycles. The average Bonchev–Trinajstić information content (AvgIpc) is 2.48. The lowest BCUT2D eigenvalue weighted by Crippen LogP contribution is -2.25. The van der Waals surface area contributed by atoms with Crippen LogP contribution in [0, 0.1) is 5.92 Å². The van der Waals surface area contributed by atoms with Crippen LogP contribution in [0.25, 0.3) is 0 Å². The molecule has 1 N–H and O–H groups in total. The van der Waals surface area contributed by atoms with Gasteiger partial charge in [-0.15, -0.1) is 0 Å². The number of rotatable bonds is 5. The lowest BCUT2D eigenvalue weighted by atomic mass is 9.90. The van der Waals surface area contributed by atoms with E-state index in [0.717, 1.165) is 0 Å². The first-order chi connectivity index (χ1) is 9.74. The minimum absolute atomic E-state index is 0.0519. The predicted octanol–water partition coefficient (Wildman–Crippen LogP) is 3.40. The summed E-state index contributed by atoms with van der Waals surface area (Å²) in [4.78, 5) is 11.5. The Morgan fingerprint density at radius 2 is 2.00 bits per heavy atom. The van der Waals surface area contributed by atoms with Gasteiger partial charge in [-0.1, -0.05) is 30.9 Å². The summed E-state index contributed by atoms with van der Waals surface area (Å²) in [6.45, 7) is -0.0519. The fraction of sp³-hybridized carbons (Fsp3) is 0.467. The van der Waals surface area contributed by atoms with Crippen molar-refractivity contribution in [1.82, 2.24) is 5.43 Å². The summed E-state index contributed by atoms with van der Waals surface area (Å²) in [5.41, 5.74) is 2.49. The molecule has 108 valence electrons. The number of hydrogen-bond acceptors (Lipinski definition) is 3. The summed E-state index contributed by atoms with van der Waals surface area (Å²) in [6.07, 6.45) is 8.00. The topological polar surface area (TPSA) is 50.7 Å². The lowest BCUT2D eigenvalue weighted by Gasteiger charge is -2.16. The van der Waals surface area contributed by atoms with E-state index < -0.39 is 0 Å². The van der Waals surface area contributed by atoms with E-state index in [1.165, 1.54) is 32.1 Å². The van der Waals surface area contributed by atoms with Gasteiger partial charge in [0.15, 0.2) is 6.61 Å². The summed E-state index contributed by atoms with van der Waals surface area (Å²) < 4.78 is 5.32. The molecule has 0 bridgehead atoms. The third-order valence-corrected chi connectivity index (χ3v) is 3.56. The Morgan fingerprint density at radius 3 is 2.70 bits per heavy atom. The first-order valence-electron chi connectivity index (χ1n) is 6.94. The van der Waals surface area contributed by atoms with E-state index in [0.29, 0.717) is 16.7 Å². The Labute approximate surface area is 124 Å². The van der Waals surface area contributed by atoms with Crippen molar-refractivity contribution in [1.29, 1.82) is 0 Å². The maximum absolute atomic E-state index is 11.5. The molecule has 1 saturated carbocycles. The first-order valence-corrected chi connectivity index (χ1v) is 7.32. The highest BCUT2D eigenvalue weighted by Crippen LogP contribution is 2.21. The third kappa shape index (κ3) is 5.21. The molecule has 0 unspecified atom stereocenters. The van der Waals surface area contributed by atoms with Crippen molar-refractivity contribution in [2.24, 2.45) is 11.0 Å². The molecule has 1 aliphatic rings. The van der Waals surface area contributed by atoms with Crippen molar-refractivity contribution in [3.05, 3.63) is 29.3 Å². The molecule has 20 heavy (non-hydrogen) atoms. The minimum Gasteiger partial charge on any atom is -0.484 e. The molecule has 5 heteroatoms. The molecule has 1 aromatic rings. The molecular weight excluding hydrogens is 276 g/mol. The molecule has 0 atom stereocenters. The largest absolute Gasteiger partial charge is 0.484 e. The Kier molecular flexibility index (Phi) is 5.87. The monoisotopic (exact) mass is 294 g/mol. The van der Waals surface area contributed by atoms with Gasteiger partial charge in [-0.25, -0.2) is 5.43 Å². The molecule has 1 fully saturated rings. The Balaban J connectivity index is 1.67. The number of carbonyl (C=O) groups excluding carboxylic acids is 1. The Bertz CT molecular complexity index is 453. The van der Waals surface area contributed by atoms with Gasteiger partial charge >= 0.3 is 0 Å². The average molecular weight is 295 g/mol. The van der Waals surface area contributed by atoms with Crippen molar-refractivity contribution in [3.63, 3.8) is 0 Å². The van der Waals surface area contributed by atoms with E-state index in [4.69, 9.17) is 16.3 Å². The summed E-state index contributed by atoms with van der Waals surface area (Å²) in [5.74, 6) is 0.856. The smallest absolute Gasteiger partial charge is 0.277 e. The molecule has 4 nitrogen and oxygen atoms in total. The van der Waals surface area contributed by atoms with E-state index in [1.54, 1.807) is 24.3 Å². The van der Waals surface area contributed by atoms with Gasteiger partial charge in [-0.2, -0.15) is 5.10 Å². The van der Waals surface area contributed by atoms with E-state index in [9.17, 15) is 4.79 Å². The van der Waals surface area contributed by atoms with Gasteiger partial charge in [-0.05, 0) is 43.0 Å². The predicted molar refractivity (Wildman–Crippen MR) is 80.2 cm³/mol. The minimum atomic E-state index is -0.257. The van der Waals surface area contributed by atoms with Gasteiger partial charge in [0.05, 0.1) is 0 Å². The number of hydrazone groups is 1. The lowest BCUT2D eigenvalue weighted by molar-refractivity contribution is -0.123. The van der Waals surface area contributed by atoms with E-state index in [2.05, 4.69) is 10.5 Å². The third-order valence-electron chi connectivity index (χ3n) is 3.31. The highest BCUT2D eigenvalue weighted by atomic mass is 35.5.